The van der Waals surface area contributed by atoms with Crippen LogP contribution in [-0.4, -0.2) is 11.5 Å². The summed E-state index contributed by atoms with van der Waals surface area (Å²) in [6, 6.07) is 0. The molecule has 1 heterocycles. The van der Waals surface area contributed by atoms with Gasteiger partial charge in [-0.1, -0.05) is 20.8 Å². The van der Waals surface area contributed by atoms with E-state index in [9.17, 15) is 0 Å². The second-order valence-electron chi connectivity index (χ2n) is 3.61. The smallest absolute Gasteiger partial charge is 0.0971 e. The van der Waals surface area contributed by atoms with E-state index in [-0.39, 0.29) is 0 Å². The Bertz CT molecular complexity index is 251. The van der Waals surface area contributed by atoms with Crippen LogP contribution in [0, 0.1) is 0 Å². The molecule has 0 bridgehead atoms. The minimum Gasteiger partial charge on any atom is -0.330 e. The molecule has 0 spiro atoms. The second-order valence-corrected chi connectivity index (χ2v) is 4.50. The molecule has 0 aliphatic rings. The molecule has 1 aromatic heterocycles. The Kier molecular flexibility index (Phi) is 3.88. The SMILES string of the molecule is CCC(CN)c1nc(C(C)C)cs1. The maximum Gasteiger partial charge on any atom is 0.0971 e. The van der Waals surface area contributed by atoms with Gasteiger partial charge in [-0.3, -0.25) is 0 Å². The van der Waals surface area contributed by atoms with Crippen LogP contribution in [0.3, 0.4) is 0 Å². The van der Waals surface area contributed by atoms with Crippen molar-refractivity contribution in [3.63, 3.8) is 0 Å². The molecule has 1 rings (SSSR count). The topological polar surface area (TPSA) is 38.9 Å². The molecule has 1 atom stereocenters. The Balaban J connectivity index is 2.78. The van der Waals surface area contributed by atoms with Crippen molar-refractivity contribution in [1.82, 2.24) is 4.98 Å². The Morgan fingerprint density at radius 2 is 2.23 bits per heavy atom. The maximum absolute atomic E-state index is 5.67. The van der Waals surface area contributed by atoms with Gasteiger partial charge in [0.05, 0.1) is 10.7 Å². The monoisotopic (exact) mass is 198 g/mol. The third-order valence-electron chi connectivity index (χ3n) is 2.26. The molecule has 0 aliphatic carbocycles. The van der Waals surface area contributed by atoms with Gasteiger partial charge in [0.2, 0.25) is 0 Å². The average molecular weight is 198 g/mol. The predicted octanol–water partition coefficient (Wildman–Crippen LogP) is 2.72. The van der Waals surface area contributed by atoms with Crippen molar-refractivity contribution in [2.45, 2.75) is 39.0 Å². The Labute approximate surface area is 84.2 Å². The van der Waals surface area contributed by atoms with Crippen LogP contribution < -0.4 is 5.73 Å². The number of nitrogens with two attached hydrogens (primary N) is 1. The van der Waals surface area contributed by atoms with Gasteiger partial charge in [0.25, 0.3) is 0 Å². The van der Waals surface area contributed by atoms with Crippen molar-refractivity contribution in [3.8, 4) is 0 Å². The van der Waals surface area contributed by atoms with Gasteiger partial charge >= 0.3 is 0 Å². The summed E-state index contributed by atoms with van der Waals surface area (Å²) in [5.41, 5.74) is 6.87. The zero-order chi connectivity index (χ0) is 9.84. The van der Waals surface area contributed by atoms with Crippen LogP contribution in [0.1, 0.15) is 49.7 Å². The van der Waals surface area contributed by atoms with Crippen LogP contribution in [-0.2, 0) is 0 Å². The van der Waals surface area contributed by atoms with Crippen molar-refractivity contribution in [3.05, 3.63) is 16.1 Å². The molecule has 74 valence electrons. The summed E-state index contributed by atoms with van der Waals surface area (Å²) in [7, 11) is 0. The minimum atomic E-state index is 0.456. The third-order valence-corrected chi connectivity index (χ3v) is 3.28. The normalized spacial score (nSPS) is 13.6. The molecule has 0 radical (unpaired) electrons. The lowest BCUT2D eigenvalue weighted by Gasteiger charge is -2.07. The number of thiazole rings is 1. The van der Waals surface area contributed by atoms with Crippen molar-refractivity contribution in [1.29, 1.82) is 0 Å². The third kappa shape index (κ3) is 2.51. The summed E-state index contributed by atoms with van der Waals surface area (Å²) in [5, 5.41) is 3.35. The van der Waals surface area contributed by atoms with Crippen LogP contribution in [0.25, 0.3) is 0 Å². The molecule has 0 aliphatic heterocycles. The molecule has 0 amide bonds. The number of hydrogen-bond donors (Lipinski definition) is 1. The fourth-order valence-electron chi connectivity index (χ4n) is 1.20. The predicted molar refractivity (Wildman–Crippen MR) is 58.3 cm³/mol. The van der Waals surface area contributed by atoms with Crippen molar-refractivity contribution in [2.75, 3.05) is 6.54 Å². The van der Waals surface area contributed by atoms with Crippen LogP contribution in [0.15, 0.2) is 5.38 Å². The fourth-order valence-corrected chi connectivity index (χ4v) is 2.38. The summed E-state index contributed by atoms with van der Waals surface area (Å²) in [5.74, 6) is 0.984. The first kappa shape index (κ1) is 10.7. The maximum atomic E-state index is 5.67. The molecular formula is C10H18N2S. The highest BCUT2D eigenvalue weighted by atomic mass is 32.1. The highest BCUT2D eigenvalue weighted by molar-refractivity contribution is 7.09. The summed E-state index contributed by atoms with van der Waals surface area (Å²) in [4.78, 5) is 4.59. The molecular weight excluding hydrogens is 180 g/mol. The molecule has 1 aromatic rings. The molecule has 2 nitrogen and oxygen atoms in total. The van der Waals surface area contributed by atoms with Crippen molar-refractivity contribution < 1.29 is 0 Å². The Morgan fingerprint density at radius 1 is 1.54 bits per heavy atom. The molecule has 2 N–H and O–H groups in total. The van der Waals surface area contributed by atoms with Gasteiger partial charge in [-0.2, -0.15) is 0 Å². The number of hydrogen-bond acceptors (Lipinski definition) is 3. The van der Waals surface area contributed by atoms with E-state index in [2.05, 4.69) is 31.1 Å². The van der Waals surface area contributed by atoms with E-state index in [0.717, 1.165) is 6.42 Å². The summed E-state index contributed by atoms with van der Waals surface area (Å²) in [6.45, 7) is 7.21. The van der Waals surface area contributed by atoms with Gasteiger partial charge in [-0.15, -0.1) is 11.3 Å². The van der Waals surface area contributed by atoms with Crippen LogP contribution >= 0.6 is 11.3 Å². The first-order valence-electron chi connectivity index (χ1n) is 4.84. The van der Waals surface area contributed by atoms with E-state index in [1.54, 1.807) is 11.3 Å². The zero-order valence-corrected chi connectivity index (χ0v) is 9.40. The average Bonchev–Trinajstić information content (AvgIpc) is 2.56. The second kappa shape index (κ2) is 4.72. The van der Waals surface area contributed by atoms with E-state index in [1.807, 2.05) is 0 Å². The summed E-state index contributed by atoms with van der Waals surface area (Å²) in [6.07, 6.45) is 1.08. The molecule has 1 unspecified atom stereocenters. The molecule has 0 fully saturated rings. The standard InChI is InChI=1S/C10H18N2S/c1-4-8(5-11)10-12-9(6-13-10)7(2)3/h6-8H,4-5,11H2,1-3H3. The summed E-state index contributed by atoms with van der Waals surface area (Å²) >= 11 is 1.74. The lowest BCUT2D eigenvalue weighted by atomic mass is 10.1. The first-order chi connectivity index (χ1) is 6.19. The lowest BCUT2D eigenvalue weighted by molar-refractivity contribution is 0.663. The largest absolute Gasteiger partial charge is 0.330 e. The van der Waals surface area contributed by atoms with Crippen LogP contribution in [0.2, 0.25) is 0 Å². The number of aromatic nitrogens is 1. The van der Waals surface area contributed by atoms with E-state index >= 15 is 0 Å². The molecule has 0 saturated heterocycles. The lowest BCUT2D eigenvalue weighted by Crippen LogP contribution is -2.11. The zero-order valence-electron chi connectivity index (χ0n) is 8.58. The molecule has 0 saturated carbocycles. The molecule has 0 aromatic carbocycles. The Morgan fingerprint density at radius 3 is 2.62 bits per heavy atom. The van der Waals surface area contributed by atoms with E-state index < -0.39 is 0 Å². The van der Waals surface area contributed by atoms with Crippen molar-refractivity contribution >= 4 is 11.3 Å². The van der Waals surface area contributed by atoms with Gasteiger partial charge in [0.1, 0.15) is 0 Å². The van der Waals surface area contributed by atoms with Gasteiger partial charge in [-0.25, -0.2) is 4.98 Å². The van der Waals surface area contributed by atoms with Gasteiger partial charge in [-0.05, 0) is 12.3 Å². The summed E-state index contributed by atoms with van der Waals surface area (Å²) < 4.78 is 0. The van der Waals surface area contributed by atoms with E-state index in [0.29, 0.717) is 18.4 Å². The minimum absolute atomic E-state index is 0.456. The first-order valence-corrected chi connectivity index (χ1v) is 5.72. The Hall–Kier alpha value is -0.410. The van der Waals surface area contributed by atoms with E-state index in [1.165, 1.54) is 10.7 Å². The highest BCUT2D eigenvalue weighted by Gasteiger charge is 2.12. The van der Waals surface area contributed by atoms with Gasteiger partial charge in [0, 0.05) is 17.8 Å². The van der Waals surface area contributed by atoms with Gasteiger partial charge in [0.15, 0.2) is 0 Å². The number of nitrogens with zero attached hydrogens (tertiary/aromatic N) is 1. The fraction of sp³-hybridized carbons (Fsp3) is 0.700. The highest BCUT2D eigenvalue weighted by Crippen LogP contribution is 2.25. The quantitative estimate of drug-likeness (QED) is 0.808. The van der Waals surface area contributed by atoms with Crippen LogP contribution in [0.5, 0.6) is 0 Å². The molecule has 13 heavy (non-hydrogen) atoms. The van der Waals surface area contributed by atoms with Gasteiger partial charge < -0.3 is 5.73 Å². The molecule has 3 heteroatoms. The van der Waals surface area contributed by atoms with E-state index in [4.69, 9.17) is 5.73 Å². The van der Waals surface area contributed by atoms with Crippen LogP contribution in [0.4, 0.5) is 0 Å². The van der Waals surface area contributed by atoms with Crippen molar-refractivity contribution in [2.24, 2.45) is 5.73 Å². The number of rotatable bonds is 4.